The Bertz CT molecular complexity index is 720. The van der Waals surface area contributed by atoms with Crippen LogP contribution in [0.2, 0.25) is 0 Å². The van der Waals surface area contributed by atoms with Gasteiger partial charge in [-0.15, -0.1) is 0 Å². The van der Waals surface area contributed by atoms with Crippen LogP contribution in [0.5, 0.6) is 0 Å². The molecule has 5 heteroatoms. The Morgan fingerprint density at radius 3 is 2.77 bits per heavy atom. The van der Waals surface area contributed by atoms with Gasteiger partial charge in [-0.05, 0) is 29.8 Å². The highest BCUT2D eigenvalue weighted by Gasteiger charge is 2.32. The molecular formula is C21H26N2O3. The number of likely N-dealkylation sites (N-methyl/N-ethyl adjacent to an activating group) is 1. The monoisotopic (exact) mass is 354 g/mol. The van der Waals surface area contributed by atoms with E-state index in [0.29, 0.717) is 18.7 Å². The summed E-state index contributed by atoms with van der Waals surface area (Å²) in [5, 5.41) is 12.5. The number of rotatable bonds is 7. The Labute approximate surface area is 154 Å². The van der Waals surface area contributed by atoms with Crippen LogP contribution in [0.4, 0.5) is 0 Å². The molecule has 0 aromatic heterocycles. The van der Waals surface area contributed by atoms with Crippen LogP contribution < -0.4 is 5.32 Å². The molecule has 1 aliphatic heterocycles. The van der Waals surface area contributed by atoms with Crippen molar-refractivity contribution in [3.05, 3.63) is 71.3 Å². The lowest BCUT2D eigenvalue weighted by Crippen LogP contribution is -2.48. The summed E-state index contributed by atoms with van der Waals surface area (Å²) >= 11 is 0. The van der Waals surface area contributed by atoms with Gasteiger partial charge in [-0.25, -0.2) is 4.79 Å². The molecule has 2 aromatic rings. The van der Waals surface area contributed by atoms with Crippen LogP contribution in [0, 0.1) is 0 Å². The predicted molar refractivity (Wildman–Crippen MR) is 101 cm³/mol. The molecular weight excluding hydrogens is 328 g/mol. The normalized spacial score (nSPS) is 20.8. The van der Waals surface area contributed by atoms with Crippen molar-refractivity contribution in [3.8, 4) is 0 Å². The van der Waals surface area contributed by atoms with Crippen molar-refractivity contribution < 1.29 is 14.6 Å². The molecule has 0 spiro atoms. The van der Waals surface area contributed by atoms with Crippen molar-refractivity contribution in [1.29, 1.82) is 0 Å². The third-order valence-electron chi connectivity index (χ3n) is 4.85. The van der Waals surface area contributed by atoms with Gasteiger partial charge >= 0.3 is 5.97 Å². The average Bonchev–Trinajstić information content (AvgIpc) is 2.68. The molecule has 0 amide bonds. The fourth-order valence-corrected chi connectivity index (χ4v) is 3.56. The van der Waals surface area contributed by atoms with Gasteiger partial charge < -0.3 is 15.2 Å². The molecule has 2 aromatic carbocycles. The number of nitrogens with zero attached hydrogens (tertiary/aromatic N) is 1. The minimum absolute atomic E-state index is 0.0637. The number of hydrogen-bond acceptors (Lipinski definition) is 4. The number of morpholine rings is 1. The van der Waals surface area contributed by atoms with Crippen LogP contribution in [-0.4, -0.2) is 48.3 Å². The Morgan fingerprint density at radius 1 is 1.23 bits per heavy atom. The Balaban J connectivity index is 1.65. The SMILES string of the molecule is CCN1CCO[C@@H](CNCc2cccc(C(=O)O)c2)[C@@H]1c1ccccc1. The van der Waals surface area contributed by atoms with Gasteiger partial charge in [-0.2, -0.15) is 0 Å². The van der Waals surface area contributed by atoms with Gasteiger partial charge in [0, 0.05) is 19.6 Å². The molecule has 1 aliphatic rings. The summed E-state index contributed by atoms with van der Waals surface area (Å²) in [7, 11) is 0. The van der Waals surface area contributed by atoms with Gasteiger partial charge in [0.2, 0.25) is 0 Å². The number of ether oxygens (including phenoxy) is 1. The topological polar surface area (TPSA) is 61.8 Å². The molecule has 0 unspecified atom stereocenters. The molecule has 0 bridgehead atoms. The standard InChI is InChI=1S/C21H26N2O3/c1-2-23-11-12-26-19(20(23)17-8-4-3-5-9-17)15-22-14-16-7-6-10-18(13-16)21(24)25/h3-10,13,19-20,22H,2,11-12,14-15H2,1H3,(H,24,25)/t19-,20-/m0/s1. The number of aromatic carboxylic acids is 1. The van der Waals surface area contributed by atoms with Gasteiger partial charge in [0.15, 0.2) is 0 Å². The lowest BCUT2D eigenvalue weighted by molar-refractivity contribution is -0.0694. The van der Waals surface area contributed by atoms with E-state index in [1.165, 1.54) is 5.56 Å². The van der Waals surface area contributed by atoms with E-state index >= 15 is 0 Å². The van der Waals surface area contributed by atoms with Crippen molar-refractivity contribution in [2.75, 3.05) is 26.2 Å². The first-order chi connectivity index (χ1) is 12.7. The average molecular weight is 354 g/mol. The molecule has 0 aliphatic carbocycles. The minimum Gasteiger partial charge on any atom is -0.478 e. The zero-order valence-electron chi connectivity index (χ0n) is 15.1. The van der Waals surface area contributed by atoms with Gasteiger partial charge in [-0.3, -0.25) is 4.90 Å². The lowest BCUT2D eigenvalue weighted by atomic mass is 9.97. The summed E-state index contributed by atoms with van der Waals surface area (Å²) in [5.74, 6) is -0.898. The smallest absolute Gasteiger partial charge is 0.335 e. The van der Waals surface area contributed by atoms with E-state index in [0.717, 1.165) is 25.3 Å². The maximum atomic E-state index is 11.1. The number of nitrogens with one attached hydrogen (secondary N) is 1. The van der Waals surface area contributed by atoms with E-state index in [2.05, 4.69) is 41.4 Å². The van der Waals surface area contributed by atoms with Gasteiger partial charge in [0.25, 0.3) is 0 Å². The second-order valence-corrected chi connectivity index (χ2v) is 6.53. The van der Waals surface area contributed by atoms with Crippen molar-refractivity contribution in [2.45, 2.75) is 25.6 Å². The maximum absolute atomic E-state index is 11.1. The number of carboxylic acids is 1. The summed E-state index contributed by atoms with van der Waals surface area (Å²) in [5.41, 5.74) is 2.55. The highest BCUT2D eigenvalue weighted by atomic mass is 16.5. The third kappa shape index (κ3) is 4.49. The number of hydrogen-bond donors (Lipinski definition) is 2. The predicted octanol–water partition coefficient (Wildman–Crippen LogP) is 2.94. The first kappa shape index (κ1) is 18.6. The van der Waals surface area contributed by atoms with Crippen LogP contribution in [0.15, 0.2) is 54.6 Å². The Kier molecular flexibility index (Phi) is 6.39. The van der Waals surface area contributed by atoms with Crippen molar-refractivity contribution >= 4 is 5.97 Å². The summed E-state index contributed by atoms with van der Waals surface area (Å²) in [4.78, 5) is 13.6. The van der Waals surface area contributed by atoms with Gasteiger partial charge in [-0.1, -0.05) is 49.4 Å². The molecule has 0 radical (unpaired) electrons. The Hall–Kier alpha value is -2.21. The summed E-state index contributed by atoms with van der Waals surface area (Å²) < 4.78 is 6.08. The van der Waals surface area contributed by atoms with E-state index in [4.69, 9.17) is 9.84 Å². The van der Waals surface area contributed by atoms with Gasteiger partial charge in [0.1, 0.15) is 0 Å². The third-order valence-corrected chi connectivity index (χ3v) is 4.85. The van der Waals surface area contributed by atoms with Crippen LogP contribution in [0.25, 0.3) is 0 Å². The van der Waals surface area contributed by atoms with Crippen LogP contribution in [-0.2, 0) is 11.3 Å². The van der Waals surface area contributed by atoms with E-state index in [1.54, 1.807) is 18.2 Å². The quantitative estimate of drug-likeness (QED) is 0.800. The zero-order chi connectivity index (χ0) is 18.4. The highest BCUT2D eigenvalue weighted by molar-refractivity contribution is 5.87. The molecule has 3 rings (SSSR count). The molecule has 0 saturated carbocycles. The van der Waals surface area contributed by atoms with Crippen LogP contribution in [0.1, 0.15) is 34.5 Å². The molecule has 2 atom stereocenters. The van der Waals surface area contributed by atoms with Crippen molar-refractivity contribution in [2.24, 2.45) is 0 Å². The van der Waals surface area contributed by atoms with E-state index in [9.17, 15) is 4.79 Å². The first-order valence-corrected chi connectivity index (χ1v) is 9.12. The summed E-state index contributed by atoms with van der Waals surface area (Å²) in [6.07, 6.45) is 0.0637. The lowest BCUT2D eigenvalue weighted by Gasteiger charge is -2.41. The minimum atomic E-state index is -0.898. The fourth-order valence-electron chi connectivity index (χ4n) is 3.56. The van der Waals surface area contributed by atoms with E-state index in [-0.39, 0.29) is 12.1 Å². The molecule has 138 valence electrons. The van der Waals surface area contributed by atoms with Crippen LogP contribution in [0.3, 0.4) is 0 Å². The maximum Gasteiger partial charge on any atom is 0.335 e. The zero-order valence-corrected chi connectivity index (χ0v) is 15.1. The van der Waals surface area contributed by atoms with Gasteiger partial charge in [0.05, 0.1) is 24.3 Å². The molecule has 1 saturated heterocycles. The molecule has 26 heavy (non-hydrogen) atoms. The Morgan fingerprint density at radius 2 is 2.04 bits per heavy atom. The van der Waals surface area contributed by atoms with E-state index < -0.39 is 5.97 Å². The van der Waals surface area contributed by atoms with Crippen LogP contribution >= 0.6 is 0 Å². The molecule has 1 fully saturated rings. The number of carbonyl (C=O) groups is 1. The van der Waals surface area contributed by atoms with Crippen molar-refractivity contribution in [1.82, 2.24) is 10.2 Å². The second kappa shape index (κ2) is 8.94. The highest BCUT2D eigenvalue weighted by Crippen LogP contribution is 2.29. The van der Waals surface area contributed by atoms with E-state index in [1.807, 2.05) is 12.1 Å². The number of carboxylic acid groups (broad SMARTS) is 1. The molecule has 1 heterocycles. The largest absolute Gasteiger partial charge is 0.478 e. The second-order valence-electron chi connectivity index (χ2n) is 6.53. The molecule has 2 N–H and O–H groups in total. The summed E-state index contributed by atoms with van der Waals surface area (Å²) in [6, 6.07) is 17.8. The summed E-state index contributed by atoms with van der Waals surface area (Å²) in [6.45, 7) is 6.18. The first-order valence-electron chi connectivity index (χ1n) is 9.12. The van der Waals surface area contributed by atoms with Crippen molar-refractivity contribution in [3.63, 3.8) is 0 Å². The fraction of sp³-hybridized carbons (Fsp3) is 0.381. The number of benzene rings is 2. The molecule has 5 nitrogen and oxygen atoms in total.